The number of rotatable bonds is 1. The Labute approximate surface area is 106 Å². The quantitative estimate of drug-likeness (QED) is 0.749. The van der Waals surface area contributed by atoms with E-state index >= 15 is 0 Å². The summed E-state index contributed by atoms with van der Waals surface area (Å²) in [5.74, 6) is 0. The monoisotopic (exact) mass is 243 g/mol. The molecule has 1 saturated heterocycles. The molecule has 1 aliphatic rings. The molecule has 1 unspecified atom stereocenters. The molecule has 0 bridgehead atoms. The summed E-state index contributed by atoms with van der Waals surface area (Å²) in [5.41, 5.74) is 8.07. The van der Waals surface area contributed by atoms with Crippen LogP contribution in [0.25, 0.3) is 10.9 Å². The summed E-state index contributed by atoms with van der Waals surface area (Å²) >= 11 is 0. The summed E-state index contributed by atoms with van der Waals surface area (Å²) in [5, 5.41) is 11.0. The molecule has 1 atom stereocenters. The Balaban J connectivity index is 2.11. The van der Waals surface area contributed by atoms with Crippen LogP contribution in [0.3, 0.4) is 0 Å². The van der Waals surface area contributed by atoms with E-state index in [1.165, 1.54) is 0 Å². The summed E-state index contributed by atoms with van der Waals surface area (Å²) < 4.78 is 0. The largest absolute Gasteiger partial charge is 0.398 e. The van der Waals surface area contributed by atoms with Crippen LogP contribution in [-0.2, 0) is 0 Å². The van der Waals surface area contributed by atoms with Crippen molar-refractivity contribution in [3.63, 3.8) is 0 Å². The van der Waals surface area contributed by atoms with E-state index in [1.807, 2.05) is 31.2 Å². The van der Waals surface area contributed by atoms with Gasteiger partial charge in [-0.25, -0.2) is 0 Å². The maximum Gasteiger partial charge on any atom is 0.0955 e. The number of nitrogen functional groups attached to an aromatic ring is 1. The summed E-state index contributed by atoms with van der Waals surface area (Å²) in [7, 11) is 0. The predicted octanol–water partition coefficient (Wildman–Crippen LogP) is 1.78. The molecule has 0 radical (unpaired) electrons. The van der Waals surface area contributed by atoms with Gasteiger partial charge in [0, 0.05) is 30.4 Å². The lowest BCUT2D eigenvalue weighted by Gasteiger charge is -2.22. The molecule has 0 saturated carbocycles. The van der Waals surface area contributed by atoms with Crippen molar-refractivity contribution in [1.29, 1.82) is 0 Å². The Morgan fingerprint density at radius 3 is 2.94 bits per heavy atom. The number of anilines is 2. The molecule has 4 nitrogen and oxygen atoms in total. The zero-order valence-electron chi connectivity index (χ0n) is 10.4. The summed E-state index contributed by atoms with van der Waals surface area (Å²) in [6, 6.07) is 7.77. The van der Waals surface area contributed by atoms with Gasteiger partial charge in [-0.15, -0.1) is 0 Å². The first-order chi connectivity index (χ1) is 8.57. The van der Waals surface area contributed by atoms with Crippen LogP contribution in [0, 0.1) is 0 Å². The van der Waals surface area contributed by atoms with E-state index in [4.69, 9.17) is 5.73 Å². The lowest BCUT2D eigenvalue weighted by atomic mass is 10.1. The highest BCUT2D eigenvalue weighted by molar-refractivity contribution is 5.98. The number of hydrogen-bond acceptors (Lipinski definition) is 4. The van der Waals surface area contributed by atoms with Gasteiger partial charge >= 0.3 is 0 Å². The summed E-state index contributed by atoms with van der Waals surface area (Å²) in [6.07, 6.45) is 2.56. The second-order valence-corrected chi connectivity index (χ2v) is 5.24. The molecule has 0 amide bonds. The van der Waals surface area contributed by atoms with Crippen LogP contribution in [0.2, 0.25) is 0 Å². The Bertz CT molecular complexity index is 595. The topological polar surface area (TPSA) is 62.4 Å². The molecule has 2 aromatic rings. The molecule has 2 heterocycles. The lowest BCUT2D eigenvalue weighted by molar-refractivity contribution is 0.0839. The SMILES string of the molecule is CC1(O)CCN(c2ccc(N)c3cccnc23)C1. The molecule has 3 rings (SSSR count). The van der Waals surface area contributed by atoms with Gasteiger partial charge < -0.3 is 15.7 Å². The Kier molecular flexibility index (Phi) is 2.41. The van der Waals surface area contributed by atoms with Gasteiger partial charge in [-0.2, -0.15) is 0 Å². The second-order valence-electron chi connectivity index (χ2n) is 5.24. The van der Waals surface area contributed by atoms with Crippen molar-refractivity contribution < 1.29 is 5.11 Å². The molecule has 94 valence electrons. The van der Waals surface area contributed by atoms with Crippen molar-refractivity contribution in [2.75, 3.05) is 23.7 Å². The molecule has 0 aliphatic carbocycles. The van der Waals surface area contributed by atoms with Gasteiger partial charge in [0.25, 0.3) is 0 Å². The average molecular weight is 243 g/mol. The van der Waals surface area contributed by atoms with E-state index in [1.54, 1.807) is 6.20 Å². The molecule has 1 aromatic heterocycles. The van der Waals surface area contributed by atoms with Gasteiger partial charge in [0.2, 0.25) is 0 Å². The van der Waals surface area contributed by atoms with E-state index in [-0.39, 0.29) is 0 Å². The van der Waals surface area contributed by atoms with Crippen molar-refractivity contribution in [3.05, 3.63) is 30.5 Å². The van der Waals surface area contributed by atoms with Crippen molar-refractivity contribution >= 4 is 22.3 Å². The number of nitrogens with two attached hydrogens (primary N) is 1. The molecule has 3 N–H and O–H groups in total. The zero-order chi connectivity index (χ0) is 12.8. The smallest absolute Gasteiger partial charge is 0.0955 e. The number of fused-ring (bicyclic) bond motifs is 1. The van der Waals surface area contributed by atoms with Crippen LogP contribution in [0.1, 0.15) is 13.3 Å². The number of benzene rings is 1. The van der Waals surface area contributed by atoms with E-state index < -0.39 is 5.60 Å². The fourth-order valence-corrected chi connectivity index (χ4v) is 2.59. The zero-order valence-corrected chi connectivity index (χ0v) is 10.4. The Morgan fingerprint density at radius 2 is 2.22 bits per heavy atom. The fraction of sp³-hybridized carbons (Fsp3) is 0.357. The predicted molar refractivity (Wildman–Crippen MR) is 73.6 cm³/mol. The van der Waals surface area contributed by atoms with Crippen molar-refractivity contribution in [1.82, 2.24) is 4.98 Å². The Hall–Kier alpha value is -1.81. The summed E-state index contributed by atoms with van der Waals surface area (Å²) in [4.78, 5) is 6.61. The third kappa shape index (κ3) is 1.78. The fourth-order valence-electron chi connectivity index (χ4n) is 2.59. The number of aromatic nitrogens is 1. The average Bonchev–Trinajstić information content (AvgIpc) is 2.70. The first-order valence-electron chi connectivity index (χ1n) is 6.17. The molecule has 0 spiro atoms. The van der Waals surface area contributed by atoms with Crippen molar-refractivity contribution in [3.8, 4) is 0 Å². The standard InChI is InChI=1S/C14H17N3O/c1-14(18)6-8-17(9-14)12-5-4-11(15)10-3-2-7-16-13(10)12/h2-5,7,18H,6,8-9,15H2,1H3. The van der Waals surface area contributed by atoms with Gasteiger partial charge in [0.1, 0.15) is 0 Å². The van der Waals surface area contributed by atoms with Crippen LogP contribution in [-0.4, -0.2) is 28.8 Å². The van der Waals surface area contributed by atoms with Crippen LogP contribution >= 0.6 is 0 Å². The van der Waals surface area contributed by atoms with E-state index in [0.717, 1.165) is 35.2 Å². The summed E-state index contributed by atoms with van der Waals surface area (Å²) in [6.45, 7) is 3.37. The normalized spacial score (nSPS) is 23.8. The molecule has 18 heavy (non-hydrogen) atoms. The molecule has 1 aromatic carbocycles. The minimum absolute atomic E-state index is 0.609. The van der Waals surface area contributed by atoms with Gasteiger partial charge in [0.15, 0.2) is 0 Å². The van der Waals surface area contributed by atoms with Gasteiger partial charge in [-0.05, 0) is 37.6 Å². The van der Waals surface area contributed by atoms with Gasteiger partial charge in [-0.1, -0.05) is 0 Å². The highest BCUT2D eigenvalue weighted by Crippen LogP contribution is 2.33. The first kappa shape index (κ1) is 11.3. The molecule has 4 heteroatoms. The molecular formula is C14H17N3O. The maximum absolute atomic E-state index is 10.1. The number of nitrogens with zero attached hydrogens (tertiary/aromatic N) is 2. The number of pyridine rings is 1. The van der Waals surface area contributed by atoms with Crippen molar-refractivity contribution in [2.45, 2.75) is 18.9 Å². The number of hydrogen-bond donors (Lipinski definition) is 2. The highest BCUT2D eigenvalue weighted by Gasteiger charge is 2.32. The van der Waals surface area contributed by atoms with Gasteiger partial charge in [-0.3, -0.25) is 4.98 Å². The Morgan fingerprint density at radius 1 is 1.39 bits per heavy atom. The van der Waals surface area contributed by atoms with Crippen LogP contribution in [0.4, 0.5) is 11.4 Å². The minimum Gasteiger partial charge on any atom is -0.398 e. The second kappa shape index (κ2) is 3.85. The first-order valence-corrected chi connectivity index (χ1v) is 6.17. The van der Waals surface area contributed by atoms with Crippen LogP contribution < -0.4 is 10.6 Å². The van der Waals surface area contributed by atoms with E-state index in [2.05, 4.69) is 9.88 Å². The molecule has 1 fully saturated rings. The molecule has 1 aliphatic heterocycles. The number of β-amino-alcohol motifs (C(OH)–C–C–N with tert-alkyl or cyclic N) is 1. The lowest BCUT2D eigenvalue weighted by Crippen LogP contribution is -2.29. The third-order valence-electron chi connectivity index (χ3n) is 3.57. The van der Waals surface area contributed by atoms with Gasteiger partial charge in [0.05, 0.1) is 16.8 Å². The highest BCUT2D eigenvalue weighted by atomic mass is 16.3. The third-order valence-corrected chi connectivity index (χ3v) is 3.57. The van der Waals surface area contributed by atoms with Crippen molar-refractivity contribution in [2.24, 2.45) is 0 Å². The number of aliphatic hydroxyl groups is 1. The van der Waals surface area contributed by atoms with Crippen LogP contribution in [0.15, 0.2) is 30.5 Å². The van der Waals surface area contributed by atoms with Crippen LogP contribution in [0.5, 0.6) is 0 Å². The van der Waals surface area contributed by atoms with E-state index in [9.17, 15) is 5.11 Å². The van der Waals surface area contributed by atoms with E-state index in [0.29, 0.717) is 6.54 Å². The minimum atomic E-state index is -0.609. The molecular weight excluding hydrogens is 226 g/mol. The maximum atomic E-state index is 10.1.